The molecule has 0 bridgehead atoms. The van der Waals surface area contributed by atoms with Crippen LogP contribution >= 0.6 is 35.0 Å². The lowest BCUT2D eigenvalue weighted by Crippen LogP contribution is -2.51. The van der Waals surface area contributed by atoms with Crippen molar-refractivity contribution in [3.8, 4) is 0 Å². The number of halogens is 2. The molecule has 0 radical (unpaired) electrons. The maximum atomic E-state index is 11.3. The molecule has 0 amide bonds. The molecular formula is C16H26Cl2N2OS. The van der Waals surface area contributed by atoms with Crippen LogP contribution in [0.2, 0.25) is 0 Å². The minimum absolute atomic E-state index is 0.0280. The molecule has 0 spiro atoms. The summed E-state index contributed by atoms with van der Waals surface area (Å²) in [6.45, 7) is 5.08. The molecule has 0 aromatic rings. The first-order valence-electron chi connectivity index (χ1n) is 8.43. The Kier molecular flexibility index (Phi) is 6.02. The van der Waals surface area contributed by atoms with Crippen molar-refractivity contribution in [2.75, 3.05) is 32.7 Å². The van der Waals surface area contributed by atoms with Crippen molar-refractivity contribution in [3.63, 3.8) is 0 Å². The highest BCUT2D eigenvalue weighted by Gasteiger charge is 2.43. The highest BCUT2D eigenvalue weighted by molar-refractivity contribution is 8.06. The van der Waals surface area contributed by atoms with E-state index in [1.807, 2.05) is 0 Å². The van der Waals surface area contributed by atoms with Crippen LogP contribution in [0, 0.1) is 5.92 Å². The van der Waals surface area contributed by atoms with Gasteiger partial charge in [0.2, 0.25) is 0 Å². The van der Waals surface area contributed by atoms with Crippen LogP contribution in [0.1, 0.15) is 38.5 Å². The van der Waals surface area contributed by atoms with Crippen molar-refractivity contribution < 1.29 is 5.11 Å². The summed E-state index contributed by atoms with van der Waals surface area (Å²) < 4.78 is 0.861. The first kappa shape index (κ1) is 17.4. The zero-order valence-electron chi connectivity index (χ0n) is 13.0. The molecule has 2 unspecified atom stereocenters. The Morgan fingerprint density at radius 1 is 1.27 bits per heavy atom. The van der Waals surface area contributed by atoms with Crippen molar-refractivity contribution >= 4 is 35.0 Å². The topological polar surface area (TPSA) is 35.5 Å². The Morgan fingerprint density at radius 2 is 1.95 bits per heavy atom. The number of hydrogen-bond acceptors (Lipinski definition) is 4. The summed E-state index contributed by atoms with van der Waals surface area (Å²) in [5.74, 6) is 0.134. The first-order chi connectivity index (χ1) is 10.6. The molecule has 6 heteroatoms. The molecule has 3 nitrogen and oxygen atoms in total. The van der Waals surface area contributed by atoms with Gasteiger partial charge in [-0.15, -0.1) is 11.6 Å². The molecule has 2 heterocycles. The van der Waals surface area contributed by atoms with E-state index in [4.69, 9.17) is 23.2 Å². The normalized spacial score (nSPS) is 31.5. The summed E-state index contributed by atoms with van der Waals surface area (Å²) in [6, 6.07) is 0. The fraction of sp³-hybridized carbons (Fsp3) is 0.875. The monoisotopic (exact) mass is 364 g/mol. The van der Waals surface area contributed by atoms with Gasteiger partial charge in [-0.25, -0.2) is 0 Å². The summed E-state index contributed by atoms with van der Waals surface area (Å²) in [4.78, 5) is 2.47. The first-order valence-corrected chi connectivity index (χ1v) is 10.1. The molecule has 2 atom stereocenters. The van der Waals surface area contributed by atoms with E-state index in [9.17, 15) is 5.11 Å². The predicted molar refractivity (Wildman–Crippen MR) is 95.6 cm³/mol. The third kappa shape index (κ3) is 3.96. The molecule has 2 aliphatic heterocycles. The van der Waals surface area contributed by atoms with Gasteiger partial charge in [0.05, 0.1) is 14.7 Å². The van der Waals surface area contributed by atoms with E-state index in [0.717, 1.165) is 69.2 Å². The molecule has 1 aliphatic carbocycles. The van der Waals surface area contributed by atoms with Crippen molar-refractivity contribution in [2.24, 2.45) is 5.92 Å². The summed E-state index contributed by atoms with van der Waals surface area (Å²) in [5, 5.41) is 14.7. The van der Waals surface area contributed by atoms with Crippen molar-refractivity contribution in [1.29, 1.82) is 0 Å². The zero-order chi connectivity index (χ0) is 15.6. The lowest BCUT2D eigenvalue weighted by molar-refractivity contribution is -0.0479. The fourth-order valence-electron chi connectivity index (χ4n) is 4.03. The second-order valence-corrected chi connectivity index (χ2v) is 9.40. The Balaban J connectivity index is 1.79. The summed E-state index contributed by atoms with van der Waals surface area (Å²) in [6.07, 6.45) is 6.09. The number of alkyl halides is 1. The van der Waals surface area contributed by atoms with Crippen LogP contribution in [-0.4, -0.2) is 53.0 Å². The number of hydrogen-bond donors (Lipinski definition) is 2. The molecule has 22 heavy (non-hydrogen) atoms. The minimum Gasteiger partial charge on any atom is -0.389 e. The van der Waals surface area contributed by atoms with Gasteiger partial charge in [-0.05, 0) is 24.8 Å². The molecule has 0 aromatic carbocycles. The van der Waals surface area contributed by atoms with E-state index < -0.39 is 5.60 Å². The number of nitrogens with one attached hydrogen (secondary N) is 1. The number of rotatable bonds is 4. The molecule has 1 saturated heterocycles. The molecule has 2 fully saturated rings. The lowest BCUT2D eigenvalue weighted by atomic mass is 9.72. The van der Waals surface area contributed by atoms with Gasteiger partial charge in [-0.3, -0.25) is 0 Å². The van der Waals surface area contributed by atoms with Gasteiger partial charge < -0.3 is 15.3 Å². The van der Waals surface area contributed by atoms with E-state index >= 15 is 0 Å². The zero-order valence-corrected chi connectivity index (χ0v) is 15.3. The van der Waals surface area contributed by atoms with Crippen LogP contribution in [0.3, 0.4) is 0 Å². The maximum absolute atomic E-state index is 11.3. The Hall–Kier alpha value is 0.550. The van der Waals surface area contributed by atoms with E-state index in [1.54, 1.807) is 11.8 Å². The largest absolute Gasteiger partial charge is 0.389 e. The number of aliphatic hydroxyl groups is 1. The van der Waals surface area contributed by atoms with Gasteiger partial charge in [-0.1, -0.05) is 42.6 Å². The third-order valence-electron chi connectivity index (χ3n) is 5.30. The molecule has 3 rings (SSSR count). The number of piperazine rings is 1. The van der Waals surface area contributed by atoms with Crippen LogP contribution in [0.5, 0.6) is 0 Å². The highest BCUT2D eigenvalue weighted by atomic mass is 35.5. The lowest BCUT2D eigenvalue weighted by Gasteiger charge is -2.43. The number of thioether (sulfide) groups is 1. The summed E-state index contributed by atoms with van der Waals surface area (Å²) in [5.41, 5.74) is 0.606. The van der Waals surface area contributed by atoms with Gasteiger partial charge in [0.25, 0.3) is 0 Å². The predicted octanol–water partition coefficient (Wildman–Crippen LogP) is 3.36. The van der Waals surface area contributed by atoms with Gasteiger partial charge >= 0.3 is 0 Å². The van der Waals surface area contributed by atoms with E-state index in [2.05, 4.69) is 10.2 Å². The molecule has 3 aliphatic rings. The van der Waals surface area contributed by atoms with Crippen LogP contribution in [0.25, 0.3) is 0 Å². The van der Waals surface area contributed by atoms with E-state index in [1.165, 1.54) is 12.0 Å². The van der Waals surface area contributed by atoms with E-state index in [-0.39, 0.29) is 10.6 Å². The smallest absolute Gasteiger partial charge is 0.0882 e. The van der Waals surface area contributed by atoms with Crippen molar-refractivity contribution in [1.82, 2.24) is 10.2 Å². The quantitative estimate of drug-likeness (QED) is 0.749. The van der Waals surface area contributed by atoms with Crippen molar-refractivity contribution in [3.05, 3.63) is 9.94 Å². The van der Waals surface area contributed by atoms with E-state index in [0.29, 0.717) is 0 Å². The molecule has 2 N–H and O–H groups in total. The number of nitrogens with zero attached hydrogens (tertiary/aromatic N) is 1. The van der Waals surface area contributed by atoms with Gasteiger partial charge in [0.1, 0.15) is 0 Å². The van der Waals surface area contributed by atoms with Crippen LogP contribution in [0.4, 0.5) is 0 Å². The average molecular weight is 365 g/mol. The Bertz CT molecular complexity index is 420. The molecule has 126 valence electrons. The summed E-state index contributed by atoms with van der Waals surface area (Å²) >= 11 is 14.3. The molecular weight excluding hydrogens is 339 g/mol. The van der Waals surface area contributed by atoms with Crippen LogP contribution in [0.15, 0.2) is 9.94 Å². The second kappa shape index (κ2) is 7.62. The Morgan fingerprint density at radius 3 is 2.55 bits per heavy atom. The average Bonchev–Trinajstić information content (AvgIpc) is 2.85. The molecule has 1 saturated carbocycles. The van der Waals surface area contributed by atoms with Gasteiger partial charge in [-0.2, -0.15) is 0 Å². The van der Waals surface area contributed by atoms with Gasteiger partial charge in [0, 0.05) is 38.6 Å². The van der Waals surface area contributed by atoms with Crippen LogP contribution < -0.4 is 5.32 Å². The third-order valence-corrected chi connectivity index (χ3v) is 7.13. The maximum Gasteiger partial charge on any atom is 0.0882 e. The minimum atomic E-state index is -0.597. The summed E-state index contributed by atoms with van der Waals surface area (Å²) in [7, 11) is 0. The standard InChI is InChI=1S/C16H26Cl2N2OS/c17-14-10-12(15(18)22-14)13(11-20-8-6-19-7-9-20)16(21)4-2-1-3-5-16/h13-14,19,21H,1-11H2. The Labute approximate surface area is 147 Å². The van der Waals surface area contributed by atoms with Crippen LogP contribution in [-0.2, 0) is 0 Å². The highest BCUT2D eigenvalue weighted by Crippen LogP contribution is 2.49. The second-order valence-electron chi connectivity index (χ2n) is 6.80. The molecule has 0 aromatic heterocycles. The SMILES string of the molecule is OC1(C(CN2CCNCC2)C2=C(Cl)SC(Cl)C2)CCCCC1. The van der Waals surface area contributed by atoms with Crippen molar-refractivity contribution in [2.45, 2.75) is 48.8 Å². The van der Waals surface area contributed by atoms with Gasteiger partial charge in [0.15, 0.2) is 0 Å². The fourth-order valence-corrected chi connectivity index (χ4v) is 6.00.